The van der Waals surface area contributed by atoms with Gasteiger partial charge in [0.25, 0.3) is 5.91 Å². The maximum absolute atomic E-state index is 13.5. The van der Waals surface area contributed by atoms with Crippen molar-refractivity contribution in [1.29, 1.82) is 0 Å². The van der Waals surface area contributed by atoms with Gasteiger partial charge >= 0.3 is 0 Å². The lowest BCUT2D eigenvalue weighted by molar-refractivity contribution is 0.102. The van der Waals surface area contributed by atoms with Crippen LogP contribution >= 0.6 is 11.3 Å². The van der Waals surface area contributed by atoms with Crippen LogP contribution in [-0.2, 0) is 5.41 Å². The molecule has 2 rings (SSSR count). The van der Waals surface area contributed by atoms with E-state index >= 15 is 0 Å². The summed E-state index contributed by atoms with van der Waals surface area (Å²) in [5.74, 6) is -1.01. The van der Waals surface area contributed by atoms with Gasteiger partial charge in [0.15, 0.2) is 5.13 Å². The number of halogens is 1. The zero-order chi connectivity index (χ0) is 14.0. The van der Waals surface area contributed by atoms with E-state index in [2.05, 4.69) is 10.3 Å². The van der Waals surface area contributed by atoms with Crippen LogP contribution in [0.2, 0.25) is 0 Å². The zero-order valence-electron chi connectivity index (χ0n) is 11.0. The summed E-state index contributed by atoms with van der Waals surface area (Å²) in [6, 6.07) is 5.88. The van der Waals surface area contributed by atoms with E-state index in [1.54, 1.807) is 12.1 Å². The number of carbonyl (C=O) groups excluding carboxylic acids is 1. The van der Waals surface area contributed by atoms with Crippen LogP contribution in [-0.4, -0.2) is 10.9 Å². The standard InChI is InChI=1S/C14H15FN2OS/c1-14(2,3)11-8-19-13(16-11)17-12(18)9-6-4-5-7-10(9)15/h4-8H,1-3H3,(H,16,17,18). The number of anilines is 1. The summed E-state index contributed by atoms with van der Waals surface area (Å²) >= 11 is 1.34. The normalized spacial score (nSPS) is 11.4. The molecule has 0 atom stereocenters. The quantitative estimate of drug-likeness (QED) is 0.907. The number of thiazole rings is 1. The monoisotopic (exact) mass is 278 g/mol. The molecule has 1 N–H and O–H groups in total. The van der Waals surface area contributed by atoms with E-state index < -0.39 is 11.7 Å². The second-order valence-corrected chi connectivity index (χ2v) is 6.08. The lowest BCUT2D eigenvalue weighted by Gasteiger charge is -2.14. The predicted molar refractivity (Wildman–Crippen MR) is 75.2 cm³/mol. The SMILES string of the molecule is CC(C)(C)c1csc(NC(=O)c2ccccc2F)n1. The Balaban J connectivity index is 2.16. The van der Waals surface area contributed by atoms with Crippen molar-refractivity contribution in [2.45, 2.75) is 26.2 Å². The molecular formula is C14H15FN2OS. The predicted octanol–water partition coefficient (Wildman–Crippen LogP) is 3.83. The Hall–Kier alpha value is -1.75. The van der Waals surface area contributed by atoms with Crippen LogP contribution < -0.4 is 5.32 Å². The fourth-order valence-corrected chi connectivity index (χ4v) is 2.42. The highest BCUT2D eigenvalue weighted by molar-refractivity contribution is 7.14. The van der Waals surface area contributed by atoms with E-state index in [0.717, 1.165) is 5.69 Å². The van der Waals surface area contributed by atoms with Crippen LogP contribution in [0, 0.1) is 5.82 Å². The molecule has 0 radical (unpaired) electrons. The number of nitrogens with one attached hydrogen (secondary N) is 1. The van der Waals surface area contributed by atoms with Gasteiger partial charge in [-0.3, -0.25) is 10.1 Å². The third-order valence-electron chi connectivity index (χ3n) is 2.61. The molecule has 1 aromatic carbocycles. The van der Waals surface area contributed by atoms with Crippen LogP contribution in [0.15, 0.2) is 29.6 Å². The van der Waals surface area contributed by atoms with Crippen molar-refractivity contribution in [3.63, 3.8) is 0 Å². The number of benzene rings is 1. The number of rotatable bonds is 2. The molecule has 0 aliphatic heterocycles. The Morgan fingerprint density at radius 1 is 1.32 bits per heavy atom. The molecule has 1 heterocycles. The summed E-state index contributed by atoms with van der Waals surface area (Å²) in [6.45, 7) is 6.14. The second kappa shape index (κ2) is 5.09. The largest absolute Gasteiger partial charge is 0.298 e. The minimum absolute atomic E-state index is 0.0232. The molecule has 2 aromatic rings. The van der Waals surface area contributed by atoms with Crippen molar-refractivity contribution in [3.8, 4) is 0 Å². The van der Waals surface area contributed by atoms with Gasteiger partial charge in [-0.05, 0) is 12.1 Å². The second-order valence-electron chi connectivity index (χ2n) is 5.22. The van der Waals surface area contributed by atoms with Crippen molar-refractivity contribution in [2.24, 2.45) is 0 Å². The Bertz CT molecular complexity index is 601. The fraction of sp³-hybridized carbons (Fsp3) is 0.286. The molecule has 19 heavy (non-hydrogen) atoms. The molecule has 0 saturated heterocycles. The lowest BCUT2D eigenvalue weighted by atomic mass is 9.93. The van der Waals surface area contributed by atoms with Crippen LogP contribution in [0.4, 0.5) is 9.52 Å². The van der Waals surface area contributed by atoms with Crippen molar-refractivity contribution >= 4 is 22.4 Å². The van der Waals surface area contributed by atoms with Crippen LogP contribution in [0.5, 0.6) is 0 Å². The summed E-state index contributed by atoms with van der Waals surface area (Å²) < 4.78 is 13.5. The molecule has 3 nitrogen and oxygen atoms in total. The maximum Gasteiger partial charge on any atom is 0.260 e. The van der Waals surface area contributed by atoms with E-state index in [1.807, 2.05) is 26.2 Å². The van der Waals surface area contributed by atoms with Crippen LogP contribution in [0.25, 0.3) is 0 Å². The summed E-state index contributed by atoms with van der Waals surface area (Å²) in [5, 5.41) is 5.00. The Morgan fingerprint density at radius 2 is 2.00 bits per heavy atom. The van der Waals surface area contributed by atoms with Gasteiger partial charge in [0.2, 0.25) is 0 Å². The molecule has 0 unspecified atom stereocenters. The van der Waals surface area contributed by atoms with Crippen molar-refractivity contribution < 1.29 is 9.18 Å². The average Bonchev–Trinajstić information content (AvgIpc) is 2.77. The highest BCUT2D eigenvalue weighted by atomic mass is 32.1. The molecule has 0 aliphatic rings. The topological polar surface area (TPSA) is 42.0 Å². The first-order valence-electron chi connectivity index (χ1n) is 5.90. The van der Waals surface area contributed by atoms with E-state index in [0.29, 0.717) is 5.13 Å². The number of hydrogen-bond donors (Lipinski definition) is 1. The number of amides is 1. The minimum atomic E-state index is -0.535. The molecule has 1 aromatic heterocycles. The fourth-order valence-electron chi connectivity index (χ4n) is 1.49. The number of hydrogen-bond acceptors (Lipinski definition) is 3. The number of carbonyl (C=O) groups is 1. The van der Waals surface area contributed by atoms with Gasteiger partial charge in [0.1, 0.15) is 5.82 Å². The molecule has 0 fully saturated rings. The summed E-state index contributed by atoms with van der Waals surface area (Å²) in [5.41, 5.74) is 0.855. The molecule has 1 amide bonds. The smallest absolute Gasteiger partial charge is 0.260 e. The summed E-state index contributed by atoms with van der Waals surface area (Å²) in [6.07, 6.45) is 0. The highest BCUT2D eigenvalue weighted by Gasteiger charge is 2.19. The maximum atomic E-state index is 13.5. The average molecular weight is 278 g/mol. The Labute approximate surface area is 115 Å². The molecule has 5 heteroatoms. The van der Waals surface area contributed by atoms with Crippen molar-refractivity contribution in [2.75, 3.05) is 5.32 Å². The molecular weight excluding hydrogens is 263 g/mol. The molecule has 0 spiro atoms. The summed E-state index contributed by atoms with van der Waals surface area (Å²) in [4.78, 5) is 16.3. The Morgan fingerprint density at radius 3 is 2.58 bits per heavy atom. The van der Waals surface area contributed by atoms with E-state index in [4.69, 9.17) is 0 Å². The van der Waals surface area contributed by atoms with Gasteiger partial charge in [-0.25, -0.2) is 9.37 Å². The first-order valence-corrected chi connectivity index (χ1v) is 6.78. The van der Waals surface area contributed by atoms with E-state index in [-0.39, 0.29) is 11.0 Å². The molecule has 0 bridgehead atoms. The van der Waals surface area contributed by atoms with Gasteiger partial charge in [-0.2, -0.15) is 0 Å². The molecule has 100 valence electrons. The third kappa shape index (κ3) is 3.17. The van der Waals surface area contributed by atoms with Gasteiger partial charge in [-0.15, -0.1) is 11.3 Å². The highest BCUT2D eigenvalue weighted by Crippen LogP contribution is 2.26. The third-order valence-corrected chi connectivity index (χ3v) is 3.37. The van der Waals surface area contributed by atoms with Gasteiger partial charge < -0.3 is 0 Å². The number of nitrogens with zero attached hydrogens (tertiary/aromatic N) is 1. The van der Waals surface area contributed by atoms with E-state index in [9.17, 15) is 9.18 Å². The molecule has 0 aliphatic carbocycles. The zero-order valence-corrected chi connectivity index (χ0v) is 11.8. The van der Waals surface area contributed by atoms with Crippen LogP contribution in [0.1, 0.15) is 36.8 Å². The van der Waals surface area contributed by atoms with Crippen LogP contribution in [0.3, 0.4) is 0 Å². The first-order chi connectivity index (χ1) is 8.88. The van der Waals surface area contributed by atoms with Gasteiger partial charge in [0.05, 0.1) is 11.3 Å². The Kier molecular flexibility index (Phi) is 3.66. The van der Waals surface area contributed by atoms with Crippen molar-refractivity contribution in [3.05, 3.63) is 46.7 Å². The lowest BCUT2D eigenvalue weighted by Crippen LogP contribution is -2.15. The van der Waals surface area contributed by atoms with Gasteiger partial charge in [-0.1, -0.05) is 32.9 Å². The minimum Gasteiger partial charge on any atom is -0.298 e. The van der Waals surface area contributed by atoms with E-state index in [1.165, 1.54) is 23.5 Å². The number of aromatic nitrogens is 1. The molecule has 0 saturated carbocycles. The summed E-state index contributed by atoms with van der Waals surface area (Å²) in [7, 11) is 0. The van der Waals surface area contributed by atoms with Crippen molar-refractivity contribution in [1.82, 2.24) is 4.98 Å². The first kappa shape index (κ1) is 13.7. The van der Waals surface area contributed by atoms with Gasteiger partial charge in [0, 0.05) is 10.8 Å².